The number of nitrogens with zero attached hydrogens (tertiary/aromatic N) is 2. The Morgan fingerprint density at radius 2 is 1.76 bits per heavy atom. The third kappa shape index (κ3) is 4.70. The highest BCUT2D eigenvalue weighted by Crippen LogP contribution is 2.32. The van der Waals surface area contributed by atoms with E-state index in [0.717, 1.165) is 4.90 Å². The number of thioether (sulfide) groups is 1. The van der Waals surface area contributed by atoms with Gasteiger partial charge in [-0.3, -0.25) is 19.3 Å². The van der Waals surface area contributed by atoms with Crippen LogP contribution in [0.4, 0.5) is 14.9 Å². The maximum absolute atomic E-state index is 13.7. The Labute approximate surface area is 191 Å². The molecule has 33 heavy (non-hydrogen) atoms. The van der Waals surface area contributed by atoms with Gasteiger partial charge >= 0.3 is 5.97 Å². The van der Waals surface area contributed by atoms with Crippen LogP contribution in [0.25, 0.3) is 11.8 Å². The summed E-state index contributed by atoms with van der Waals surface area (Å²) in [6.07, 6.45) is 3.25. The average molecular weight is 465 g/mol. The van der Waals surface area contributed by atoms with Crippen LogP contribution >= 0.6 is 11.8 Å². The van der Waals surface area contributed by atoms with Gasteiger partial charge in [0.2, 0.25) is 5.91 Å². The molecule has 0 aliphatic carbocycles. The van der Waals surface area contributed by atoms with Crippen LogP contribution in [-0.4, -0.2) is 44.1 Å². The number of hydrogen-bond acceptors (Lipinski definition) is 5. The zero-order chi connectivity index (χ0) is 23.5. The van der Waals surface area contributed by atoms with Crippen LogP contribution in [0.3, 0.4) is 0 Å². The summed E-state index contributed by atoms with van der Waals surface area (Å²) in [4.78, 5) is 49.3. The molecule has 2 heterocycles. The highest BCUT2D eigenvalue weighted by molar-refractivity contribution is 8.18. The molecule has 1 aromatic heterocycles. The van der Waals surface area contributed by atoms with Crippen molar-refractivity contribution in [1.29, 1.82) is 0 Å². The number of carbonyl (C=O) groups is 4. The number of carbonyl (C=O) groups excluding carboxylic acids is 3. The molecular weight excluding hydrogens is 449 g/mol. The van der Waals surface area contributed by atoms with Gasteiger partial charge in [-0.05, 0) is 66.4 Å². The van der Waals surface area contributed by atoms with Crippen molar-refractivity contribution in [3.05, 3.63) is 88.8 Å². The second-order valence-electron chi connectivity index (χ2n) is 6.95. The van der Waals surface area contributed by atoms with E-state index >= 15 is 0 Å². The minimum atomic E-state index is -1.04. The molecule has 1 aliphatic rings. The summed E-state index contributed by atoms with van der Waals surface area (Å²) >= 11 is 0.695. The van der Waals surface area contributed by atoms with E-state index in [2.05, 4.69) is 5.32 Å². The minimum absolute atomic E-state index is 0.0447. The Kier molecular flexibility index (Phi) is 6.09. The molecule has 2 N–H and O–H groups in total. The summed E-state index contributed by atoms with van der Waals surface area (Å²) in [5, 5.41) is 10.8. The fourth-order valence-electron chi connectivity index (χ4n) is 3.18. The molecule has 166 valence electrons. The number of nitrogens with one attached hydrogen (secondary N) is 1. The number of rotatable bonds is 6. The van der Waals surface area contributed by atoms with Gasteiger partial charge in [0.15, 0.2) is 0 Å². The summed E-state index contributed by atoms with van der Waals surface area (Å²) in [7, 11) is 0. The lowest BCUT2D eigenvalue weighted by Gasteiger charge is -2.12. The number of carboxylic acids is 1. The zero-order valence-electron chi connectivity index (χ0n) is 16.9. The van der Waals surface area contributed by atoms with Gasteiger partial charge < -0.3 is 15.0 Å². The fourth-order valence-corrected chi connectivity index (χ4v) is 4.00. The fraction of sp³-hybridized carbons (Fsp3) is 0.0435. The second-order valence-corrected chi connectivity index (χ2v) is 7.94. The number of carboxylic acid groups (broad SMARTS) is 1. The quantitative estimate of drug-likeness (QED) is 0.533. The maximum Gasteiger partial charge on any atom is 0.335 e. The first-order valence-electron chi connectivity index (χ1n) is 9.64. The molecule has 0 spiro atoms. The molecule has 0 unspecified atom stereocenters. The monoisotopic (exact) mass is 465 g/mol. The molecule has 3 amide bonds. The summed E-state index contributed by atoms with van der Waals surface area (Å²) in [6.45, 7) is -0.548. The number of imide groups is 1. The van der Waals surface area contributed by atoms with E-state index in [-0.39, 0.29) is 16.2 Å². The van der Waals surface area contributed by atoms with E-state index in [1.54, 1.807) is 41.1 Å². The van der Waals surface area contributed by atoms with Gasteiger partial charge in [-0.2, -0.15) is 0 Å². The SMILES string of the molecule is O=C(CN1C(=O)S/C(=C\c2cccn2-c2ccc(C(=O)O)cc2)C1=O)Nc1ccccc1F. The molecule has 1 saturated heterocycles. The summed E-state index contributed by atoms with van der Waals surface area (Å²) < 4.78 is 15.4. The number of benzene rings is 2. The summed E-state index contributed by atoms with van der Waals surface area (Å²) in [6, 6.07) is 15.2. The lowest BCUT2D eigenvalue weighted by atomic mass is 10.2. The summed E-state index contributed by atoms with van der Waals surface area (Å²) in [5.41, 5.74) is 1.35. The molecule has 10 heteroatoms. The number of para-hydroxylation sites is 1. The van der Waals surface area contributed by atoms with Crippen LogP contribution in [0.1, 0.15) is 16.1 Å². The van der Waals surface area contributed by atoms with E-state index in [9.17, 15) is 23.6 Å². The Morgan fingerprint density at radius 1 is 1.03 bits per heavy atom. The van der Waals surface area contributed by atoms with Crippen LogP contribution in [-0.2, 0) is 9.59 Å². The summed E-state index contributed by atoms with van der Waals surface area (Å²) in [5.74, 6) is -3.01. The molecule has 0 radical (unpaired) electrons. The molecule has 2 aromatic carbocycles. The third-order valence-electron chi connectivity index (χ3n) is 4.77. The Bertz CT molecular complexity index is 1300. The molecule has 1 aliphatic heterocycles. The van der Waals surface area contributed by atoms with Crippen molar-refractivity contribution in [2.45, 2.75) is 0 Å². The molecule has 1 fully saturated rings. The zero-order valence-corrected chi connectivity index (χ0v) is 17.7. The lowest BCUT2D eigenvalue weighted by molar-refractivity contribution is -0.127. The number of anilines is 1. The van der Waals surface area contributed by atoms with E-state index in [1.807, 2.05) is 0 Å². The molecule has 0 bridgehead atoms. The topological polar surface area (TPSA) is 109 Å². The van der Waals surface area contributed by atoms with Crippen molar-refractivity contribution in [3.63, 3.8) is 0 Å². The number of aromatic nitrogens is 1. The Morgan fingerprint density at radius 3 is 2.45 bits per heavy atom. The van der Waals surface area contributed by atoms with Crippen molar-refractivity contribution < 1.29 is 28.7 Å². The van der Waals surface area contributed by atoms with Gasteiger partial charge in [0.25, 0.3) is 11.1 Å². The van der Waals surface area contributed by atoms with Gasteiger partial charge in [0.05, 0.1) is 16.2 Å². The molecule has 3 aromatic rings. The van der Waals surface area contributed by atoms with Crippen LogP contribution in [0.5, 0.6) is 0 Å². The molecule has 0 atom stereocenters. The van der Waals surface area contributed by atoms with Gasteiger partial charge in [-0.1, -0.05) is 12.1 Å². The number of halogens is 1. The normalized spacial score (nSPS) is 14.7. The van der Waals surface area contributed by atoms with Crippen LogP contribution < -0.4 is 5.32 Å². The van der Waals surface area contributed by atoms with Crippen LogP contribution in [0, 0.1) is 5.82 Å². The minimum Gasteiger partial charge on any atom is -0.478 e. The van der Waals surface area contributed by atoms with Crippen molar-refractivity contribution in [3.8, 4) is 5.69 Å². The van der Waals surface area contributed by atoms with Crippen molar-refractivity contribution in [2.75, 3.05) is 11.9 Å². The van der Waals surface area contributed by atoms with Crippen molar-refractivity contribution >= 4 is 46.5 Å². The molecule has 0 saturated carbocycles. The number of hydrogen-bond donors (Lipinski definition) is 2. The van der Waals surface area contributed by atoms with E-state index in [0.29, 0.717) is 23.1 Å². The lowest BCUT2D eigenvalue weighted by Crippen LogP contribution is -2.36. The van der Waals surface area contributed by atoms with Gasteiger partial charge in [-0.25, -0.2) is 9.18 Å². The van der Waals surface area contributed by atoms with E-state index in [4.69, 9.17) is 5.11 Å². The standard InChI is InChI=1S/C23H16FN3O5S/c24-17-5-1-2-6-18(17)25-20(28)13-27-21(29)19(33-23(27)32)12-16-4-3-11-26(16)15-9-7-14(8-10-15)22(30)31/h1-12H,13H2,(H,25,28)(H,30,31)/b19-12-. The smallest absolute Gasteiger partial charge is 0.335 e. The van der Waals surface area contributed by atoms with Crippen molar-refractivity contribution in [1.82, 2.24) is 9.47 Å². The van der Waals surface area contributed by atoms with E-state index < -0.39 is 35.4 Å². The average Bonchev–Trinajstić information content (AvgIpc) is 3.35. The van der Waals surface area contributed by atoms with Gasteiger partial charge in [-0.15, -0.1) is 0 Å². The Hall–Kier alpha value is -4.18. The highest BCUT2D eigenvalue weighted by Gasteiger charge is 2.36. The first-order chi connectivity index (χ1) is 15.8. The number of aromatic carboxylic acids is 1. The maximum atomic E-state index is 13.7. The van der Waals surface area contributed by atoms with Gasteiger partial charge in [0.1, 0.15) is 12.4 Å². The highest BCUT2D eigenvalue weighted by atomic mass is 32.2. The largest absolute Gasteiger partial charge is 0.478 e. The Balaban J connectivity index is 1.51. The molecule has 4 rings (SSSR count). The van der Waals surface area contributed by atoms with E-state index in [1.165, 1.54) is 36.4 Å². The predicted molar refractivity (Wildman–Crippen MR) is 120 cm³/mol. The second kappa shape index (κ2) is 9.13. The van der Waals surface area contributed by atoms with Gasteiger partial charge in [0, 0.05) is 17.6 Å². The number of amides is 3. The predicted octanol–water partition coefficient (Wildman–Crippen LogP) is 3.99. The van der Waals surface area contributed by atoms with Crippen LogP contribution in [0.15, 0.2) is 71.8 Å². The third-order valence-corrected chi connectivity index (χ3v) is 5.68. The first kappa shape index (κ1) is 22.0. The first-order valence-corrected chi connectivity index (χ1v) is 10.5. The molecule has 8 nitrogen and oxygen atoms in total. The molecular formula is C23H16FN3O5S. The van der Waals surface area contributed by atoms with Crippen LogP contribution in [0.2, 0.25) is 0 Å². The van der Waals surface area contributed by atoms with Crippen molar-refractivity contribution in [2.24, 2.45) is 0 Å².